The number of nitrogens with zero attached hydrogens (tertiary/aromatic N) is 1. The molecule has 0 unspecified atom stereocenters. The summed E-state index contributed by atoms with van der Waals surface area (Å²) in [7, 11) is 0. The molecule has 1 fully saturated rings. The number of halogens is 3. The second kappa shape index (κ2) is 5.21. The highest BCUT2D eigenvalue weighted by Crippen LogP contribution is 2.35. The molecule has 1 N–H and O–H groups in total. The fourth-order valence-electron chi connectivity index (χ4n) is 2.19. The van der Waals surface area contributed by atoms with Crippen LogP contribution in [0.15, 0.2) is 18.2 Å². The lowest BCUT2D eigenvalue weighted by Gasteiger charge is -2.30. The number of hydrogen-bond acceptors (Lipinski definition) is 3. The molecule has 0 saturated carbocycles. The molecule has 104 valence electrons. The maximum Gasteiger partial charge on any atom is 0.417 e. The van der Waals surface area contributed by atoms with Gasteiger partial charge in [0.25, 0.3) is 0 Å². The number of hydrogen-bond donors (Lipinski definition) is 1. The summed E-state index contributed by atoms with van der Waals surface area (Å²) < 4.78 is 38.9. The average Bonchev–Trinajstić information content (AvgIpc) is 2.38. The fourth-order valence-corrected chi connectivity index (χ4v) is 2.19. The number of piperazine rings is 1. The predicted molar refractivity (Wildman–Crippen MR) is 66.5 cm³/mol. The van der Waals surface area contributed by atoms with Crippen molar-refractivity contribution in [2.75, 3.05) is 31.1 Å². The van der Waals surface area contributed by atoms with Crippen molar-refractivity contribution in [1.29, 1.82) is 0 Å². The number of ketones is 1. The first-order valence-electron chi connectivity index (χ1n) is 6.07. The first-order chi connectivity index (χ1) is 8.89. The third-order valence-electron chi connectivity index (χ3n) is 3.17. The van der Waals surface area contributed by atoms with Crippen molar-refractivity contribution < 1.29 is 18.0 Å². The van der Waals surface area contributed by atoms with E-state index >= 15 is 0 Å². The number of anilines is 1. The van der Waals surface area contributed by atoms with E-state index in [1.54, 1.807) is 6.07 Å². The van der Waals surface area contributed by atoms with Crippen molar-refractivity contribution in [3.8, 4) is 0 Å². The van der Waals surface area contributed by atoms with Crippen molar-refractivity contribution in [3.63, 3.8) is 0 Å². The third kappa shape index (κ3) is 3.07. The van der Waals surface area contributed by atoms with Crippen LogP contribution < -0.4 is 10.2 Å². The highest BCUT2D eigenvalue weighted by Gasteiger charge is 2.35. The molecular formula is C13H15F3N2O. The van der Waals surface area contributed by atoms with Gasteiger partial charge in [-0.15, -0.1) is 0 Å². The number of nitrogens with one attached hydrogen (secondary N) is 1. The van der Waals surface area contributed by atoms with Gasteiger partial charge in [0.2, 0.25) is 0 Å². The quantitative estimate of drug-likeness (QED) is 0.839. The molecule has 1 saturated heterocycles. The molecule has 0 bridgehead atoms. The van der Waals surface area contributed by atoms with Crippen molar-refractivity contribution in [1.82, 2.24) is 5.32 Å². The first kappa shape index (κ1) is 13.9. The molecule has 0 atom stereocenters. The molecule has 2 rings (SSSR count). The summed E-state index contributed by atoms with van der Waals surface area (Å²) in [5.41, 5.74) is -0.610. The third-order valence-corrected chi connectivity index (χ3v) is 3.17. The van der Waals surface area contributed by atoms with Crippen LogP contribution in [0.5, 0.6) is 0 Å². The lowest BCUT2D eigenvalue weighted by atomic mass is 10.0. The molecule has 3 nitrogen and oxygen atoms in total. The second-order valence-electron chi connectivity index (χ2n) is 4.52. The molecule has 1 aromatic rings. The van der Waals surface area contributed by atoms with Crippen LogP contribution in [0, 0.1) is 0 Å². The van der Waals surface area contributed by atoms with Gasteiger partial charge in [0.15, 0.2) is 5.78 Å². The van der Waals surface area contributed by atoms with E-state index in [9.17, 15) is 18.0 Å². The van der Waals surface area contributed by atoms with Crippen molar-refractivity contribution >= 4 is 11.5 Å². The van der Waals surface area contributed by atoms with E-state index in [0.717, 1.165) is 26.1 Å². The Balaban J connectivity index is 2.40. The summed E-state index contributed by atoms with van der Waals surface area (Å²) >= 11 is 0. The van der Waals surface area contributed by atoms with Crippen LogP contribution in [0.4, 0.5) is 18.9 Å². The topological polar surface area (TPSA) is 32.3 Å². The Hall–Kier alpha value is -1.56. The number of Topliss-reactive ketones (excluding diaryl/α,β-unsaturated/α-hetero) is 1. The van der Waals surface area contributed by atoms with Gasteiger partial charge in [0.05, 0.1) is 5.56 Å². The minimum absolute atomic E-state index is 0.272. The predicted octanol–water partition coefficient (Wildman–Crippen LogP) is 2.32. The van der Waals surface area contributed by atoms with Gasteiger partial charge in [-0.05, 0) is 25.1 Å². The summed E-state index contributed by atoms with van der Waals surface area (Å²) in [6.45, 7) is 3.97. The monoisotopic (exact) mass is 272 g/mol. The molecule has 19 heavy (non-hydrogen) atoms. The molecule has 6 heteroatoms. The molecule has 0 spiro atoms. The van der Waals surface area contributed by atoms with E-state index in [4.69, 9.17) is 0 Å². The number of carbonyl (C=O) groups is 1. The molecular weight excluding hydrogens is 257 g/mol. The molecule has 0 radical (unpaired) electrons. The van der Waals surface area contributed by atoms with Crippen molar-refractivity contribution in [2.45, 2.75) is 13.1 Å². The Kier molecular flexibility index (Phi) is 3.80. The van der Waals surface area contributed by atoms with Gasteiger partial charge >= 0.3 is 6.18 Å². The van der Waals surface area contributed by atoms with E-state index in [0.29, 0.717) is 18.8 Å². The van der Waals surface area contributed by atoms with Gasteiger partial charge in [-0.25, -0.2) is 0 Å². The maximum atomic E-state index is 13.0. The molecule has 0 aliphatic carbocycles. The van der Waals surface area contributed by atoms with Crippen LogP contribution in [-0.2, 0) is 6.18 Å². The zero-order valence-electron chi connectivity index (χ0n) is 10.5. The average molecular weight is 272 g/mol. The van der Waals surface area contributed by atoms with E-state index in [-0.39, 0.29) is 5.56 Å². The van der Waals surface area contributed by atoms with Gasteiger partial charge in [-0.3, -0.25) is 4.79 Å². The highest BCUT2D eigenvalue weighted by molar-refractivity contribution is 5.96. The smallest absolute Gasteiger partial charge is 0.369 e. The normalized spacial score (nSPS) is 16.5. The van der Waals surface area contributed by atoms with Gasteiger partial charge in [-0.2, -0.15) is 13.2 Å². The summed E-state index contributed by atoms with van der Waals surface area (Å²) in [5, 5.41) is 3.14. The largest absolute Gasteiger partial charge is 0.417 e. The molecule has 1 heterocycles. The Labute approximate surface area is 109 Å². The second-order valence-corrected chi connectivity index (χ2v) is 4.52. The van der Waals surface area contributed by atoms with Crippen LogP contribution in [0.3, 0.4) is 0 Å². The Morgan fingerprint density at radius 1 is 1.26 bits per heavy atom. The molecule has 1 aromatic carbocycles. The van der Waals surface area contributed by atoms with Crippen LogP contribution in [0.25, 0.3) is 0 Å². The van der Waals surface area contributed by atoms with Crippen LogP contribution in [-0.4, -0.2) is 32.0 Å². The summed E-state index contributed by atoms with van der Waals surface area (Å²) in [4.78, 5) is 13.2. The van der Waals surface area contributed by atoms with Gasteiger partial charge < -0.3 is 10.2 Å². The molecule has 1 aliphatic heterocycles. The Morgan fingerprint density at radius 2 is 1.89 bits per heavy atom. The van der Waals surface area contributed by atoms with Gasteiger partial charge in [-0.1, -0.05) is 0 Å². The van der Waals surface area contributed by atoms with Crippen LogP contribution in [0.2, 0.25) is 0 Å². The van der Waals surface area contributed by atoms with Crippen molar-refractivity contribution in [2.24, 2.45) is 0 Å². The number of benzene rings is 1. The first-order valence-corrected chi connectivity index (χ1v) is 6.07. The summed E-state index contributed by atoms with van der Waals surface area (Å²) in [6.07, 6.45) is -4.51. The van der Waals surface area contributed by atoms with Crippen LogP contribution >= 0.6 is 0 Å². The molecule has 0 amide bonds. The minimum atomic E-state index is -4.51. The zero-order valence-corrected chi connectivity index (χ0v) is 10.5. The standard InChI is InChI=1S/C13H15F3N2O/c1-9(19)11-3-2-10(8-12(11)13(14,15)16)18-6-4-17-5-7-18/h2-3,8,17H,4-7H2,1H3. The highest BCUT2D eigenvalue weighted by atomic mass is 19.4. The van der Waals surface area contributed by atoms with E-state index < -0.39 is 17.5 Å². The SMILES string of the molecule is CC(=O)c1ccc(N2CCNCC2)cc1C(F)(F)F. The van der Waals surface area contributed by atoms with Crippen LogP contribution in [0.1, 0.15) is 22.8 Å². The van der Waals surface area contributed by atoms with Crippen molar-refractivity contribution in [3.05, 3.63) is 29.3 Å². The lowest BCUT2D eigenvalue weighted by Crippen LogP contribution is -2.43. The number of alkyl halides is 3. The van der Waals surface area contributed by atoms with Gasteiger partial charge in [0, 0.05) is 37.4 Å². The number of rotatable bonds is 2. The van der Waals surface area contributed by atoms with E-state index in [2.05, 4.69) is 5.32 Å². The summed E-state index contributed by atoms with van der Waals surface area (Å²) in [5.74, 6) is -0.570. The Bertz CT molecular complexity index is 479. The summed E-state index contributed by atoms with van der Waals surface area (Å²) in [6, 6.07) is 3.92. The zero-order chi connectivity index (χ0) is 14.0. The van der Waals surface area contributed by atoms with Gasteiger partial charge in [0.1, 0.15) is 0 Å². The molecule has 1 aliphatic rings. The van der Waals surface area contributed by atoms with E-state index in [1.165, 1.54) is 6.07 Å². The van der Waals surface area contributed by atoms with E-state index in [1.807, 2.05) is 4.90 Å². The fraction of sp³-hybridized carbons (Fsp3) is 0.462. The number of carbonyl (C=O) groups excluding carboxylic acids is 1. The minimum Gasteiger partial charge on any atom is -0.369 e. The maximum absolute atomic E-state index is 13.0. The lowest BCUT2D eigenvalue weighted by molar-refractivity contribution is -0.137. The molecule has 0 aromatic heterocycles. The Morgan fingerprint density at radius 3 is 2.42 bits per heavy atom.